The Kier molecular flexibility index (Phi) is 5.32. The minimum absolute atomic E-state index is 0.254. The van der Waals surface area contributed by atoms with E-state index in [4.69, 9.17) is 9.47 Å². The maximum absolute atomic E-state index is 12.8. The molecule has 1 atom stereocenters. The second-order valence-corrected chi connectivity index (χ2v) is 9.51. The predicted molar refractivity (Wildman–Crippen MR) is 118 cm³/mol. The smallest absolute Gasteiger partial charge is 0.264 e. The average molecular weight is 427 g/mol. The molecule has 6 nitrogen and oxygen atoms in total. The highest BCUT2D eigenvalue weighted by atomic mass is 32.2. The number of hydrogen-bond donors (Lipinski definition) is 1. The molecule has 2 heterocycles. The average Bonchev–Trinajstić information content (AvgIpc) is 2.95. The van der Waals surface area contributed by atoms with Crippen LogP contribution in [0.25, 0.3) is 4.91 Å². The Morgan fingerprint density at radius 3 is 2.23 bits per heavy atom. The third-order valence-electron chi connectivity index (χ3n) is 5.41. The molecule has 0 saturated carbocycles. The summed E-state index contributed by atoms with van der Waals surface area (Å²) in [4.78, 5) is 4.95. The van der Waals surface area contributed by atoms with Crippen LogP contribution in [-0.2, 0) is 10.0 Å². The normalized spacial score (nSPS) is 19.8. The van der Waals surface area contributed by atoms with Gasteiger partial charge in [0.05, 0.1) is 6.04 Å². The third kappa shape index (κ3) is 3.81. The standard InChI is InChI=1S/C23H26N2O4S/c1-14(2)17-5-7-18(8-6-17)22-15(3)23(25-30(22,26)27)24-16(4)19-9-10-20-21(13-19)29-12-11-28-20/h5-10,13-14,16H,11-12H2,1-4H3,(H,24,25)/t16-/m0/s1. The molecule has 30 heavy (non-hydrogen) atoms. The number of sulfonamides is 1. The van der Waals surface area contributed by atoms with Crippen LogP contribution in [-0.4, -0.2) is 27.5 Å². The maximum atomic E-state index is 12.8. The minimum Gasteiger partial charge on any atom is -0.486 e. The Morgan fingerprint density at radius 1 is 0.933 bits per heavy atom. The van der Waals surface area contributed by atoms with Crippen molar-refractivity contribution in [2.75, 3.05) is 13.2 Å². The number of nitrogens with zero attached hydrogens (tertiary/aromatic N) is 1. The van der Waals surface area contributed by atoms with Crippen LogP contribution >= 0.6 is 0 Å². The van der Waals surface area contributed by atoms with Gasteiger partial charge in [-0.3, -0.25) is 9.71 Å². The van der Waals surface area contributed by atoms with Gasteiger partial charge in [0, 0.05) is 5.57 Å². The van der Waals surface area contributed by atoms with Crippen molar-refractivity contribution < 1.29 is 17.9 Å². The zero-order valence-electron chi connectivity index (χ0n) is 17.6. The van der Waals surface area contributed by atoms with Crippen LogP contribution in [0.5, 0.6) is 11.5 Å². The van der Waals surface area contributed by atoms with E-state index < -0.39 is 10.0 Å². The summed E-state index contributed by atoms with van der Waals surface area (Å²) < 4.78 is 39.5. The van der Waals surface area contributed by atoms with E-state index in [0.29, 0.717) is 41.9 Å². The Hall–Kier alpha value is -2.80. The van der Waals surface area contributed by atoms with Crippen molar-refractivity contribution in [2.24, 2.45) is 4.99 Å². The van der Waals surface area contributed by atoms with Gasteiger partial charge in [-0.05, 0) is 48.6 Å². The third-order valence-corrected chi connectivity index (χ3v) is 6.95. The van der Waals surface area contributed by atoms with Crippen LogP contribution < -0.4 is 14.2 Å². The molecule has 158 valence electrons. The molecule has 0 aromatic heterocycles. The first-order valence-corrected chi connectivity index (χ1v) is 11.6. The molecule has 1 N–H and O–H groups in total. The number of ether oxygens (including phenoxy) is 2. The molecule has 0 amide bonds. The second kappa shape index (κ2) is 7.80. The molecule has 0 unspecified atom stereocenters. The van der Waals surface area contributed by atoms with Crippen LogP contribution in [0.4, 0.5) is 0 Å². The Balaban J connectivity index is 1.67. The summed E-state index contributed by atoms with van der Waals surface area (Å²) in [5, 5.41) is 0. The van der Waals surface area contributed by atoms with Gasteiger partial charge in [-0.1, -0.05) is 44.2 Å². The highest BCUT2D eigenvalue weighted by molar-refractivity contribution is 8.00. The molecule has 0 fully saturated rings. The van der Waals surface area contributed by atoms with E-state index >= 15 is 0 Å². The Labute approximate surface area is 177 Å². The molecule has 4 rings (SSSR count). The van der Waals surface area contributed by atoms with Crippen molar-refractivity contribution in [1.82, 2.24) is 4.72 Å². The molecule has 0 radical (unpaired) electrons. The molecule has 0 bridgehead atoms. The van der Waals surface area contributed by atoms with Gasteiger partial charge >= 0.3 is 0 Å². The SMILES string of the molecule is CC1=C(c2ccc(C(C)C)cc2)S(=O)(=O)NC1=N[C@@H](C)c1ccc2c(c1)OCCO2. The molecule has 0 aliphatic carbocycles. The van der Waals surface area contributed by atoms with Gasteiger partial charge in [0.25, 0.3) is 10.0 Å². The molecule has 2 aromatic rings. The Morgan fingerprint density at radius 2 is 1.57 bits per heavy atom. The number of rotatable bonds is 4. The summed E-state index contributed by atoms with van der Waals surface area (Å²) >= 11 is 0. The Bertz CT molecular complexity index is 1130. The minimum atomic E-state index is -3.66. The molecule has 2 aliphatic heterocycles. The van der Waals surface area contributed by atoms with Crippen LogP contribution in [0.3, 0.4) is 0 Å². The van der Waals surface area contributed by atoms with Crippen molar-refractivity contribution in [3.8, 4) is 11.5 Å². The fourth-order valence-electron chi connectivity index (χ4n) is 3.67. The van der Waals surface area contributed by atoms with Crippen LogP contribution in [0.2, 0.25) is 0 Å². The van der Waals surface area contributed by atoms with E-state index in [2.05, 4.69) is 23.6 Å². The number of amidine groups is 1. The van der Waals surface area contributed by atoms with Crippen molar-refractivity contribution in [2.45, 2.75) is 39.7 Å². The lowest BCUT2D eigenvalue weighted by atomic mass is 10.0. The summed E-state index contributed by atoms with van der Waals surface area (Å²) in [6, 6.07) is 13.1. The van der Waals surface area contributed by atoms with Gasteiger partial charge in [0.2, 0.25) is 0 Å². The van der Waals surface area contributed by atoms with Gasteiger partial charge in [0.15, 0.2) is 11.5 Å². The van der Waals surface area contributed by atoms with E-state index in [-0.39, 0.29) is 10.9 Å². The van der Waals surface area contributed by atoms with Gasteiger partial charge in [0.1, 0.15) is 24.0 Å². The van der Waals surface area contributed by atoms with E-state index in [0.717, 1.165) is 11.3 Å². The first kappa shape index (κ1) is 20.5. The quantitative estimate of drug-likeness (QED) is 0.786. The van der Waals surface area contributed by atoms with Crippen molar-refractivity contribution in [3.63, 3.8) is 0 Å². The second-order valence-electron chi connectivity index (χ2n) is 7.89. The monoisotopic (exact) mass is 426 g/mol. The van der Waals surface area contributed by atoms with Crippen LogP contribution in [0.1, 0.15) is 56.3 Å². The van der Waals surface area contributed by atoms with Crippen LogP contribution in [0.15, 0.2) is 53.0 Å². The number of nitrogens with one attached hydrogen (secondary N) is 1. The first-order valence-electron chi connectivity index (χ1n) is 10.1. The van der Waals surface area contributed by atoms with Crippen molar-refractivity contribution in [1.29, 1.82) is 0 Å². The van der Waals surface area contributed by atoms with Gasteiger partial charge in [-0.2, -0.15) is 0 Å². The summed E-state index contributed by atoms with van der Waals surface area (Å²) in [6.45, 7) is 8.99. The highest BCUT2D eigenvalue weighted by Gasteiger charge is 2.33. The van der Waals surface area contributed by atoms with Gasteiger partial charge in [-0.25, -0.2) is 8.42 Å². The molecule has 7 heteroatoms. The predicted octanol–water partition coefficient (Wildman–Crippen LogP) is 4.40. The fourth-order valence-corrected chi connectivity index (χ4v) is 5.17. The molecule has 0 saturated heterocycles. The molecule has 2 aliphatic rings. The molecule has 2 aromatic carbocycles. The van der Waals surface area contributed by atoms with E-state index in [1.54, 1.807) is 6.92 Å². The van der Waals surface area contributed by atoms with Gasteiger partial charge in [-0.15, -0.1) is 0 Å². The largest absolute Gasteiger partial charge is 0.486 e. The maximum Gasteiger partial charge on any atom is 0.264 e. The molecular weight excluding hydrogens is 400 g/mol. The number of fused-ring (bicyclic) bond motifs is 1. The lowest BCUT2D eigenvalue weighted by Gasteiger charge is -2.19. The fraction of sp³-hybridized carbons (Fsp3) is 0.348. The zero-order chi connectivity index (χ0) is 21.5. The van der Waals surface area contributed by atoms with Crippen molar-refractivity contribution >= 4 is 20.8 Å². The van der Waals surface area contributed by atoms with Gasteiger partial charge < -0.3 is 9.47 Å². The lowest BCUT2D eigenvalue weighted by Crippen LogP contribution is -2.24. The highest BCUT2D eigenvalue weighted by Crippen LogP contribution is 2.35. The lowest BCUT2D eigenvalue weighted by molar-refractivity contribution is 0.171. The number of hydrogen-bond acceptors (Lipinski definition) is 5. The van der Waals surface area contributed by atoms with Crippen molar-refractivity contribution in [3.05, 3.63) is 64.7 Å². The molecular formula is C23H26N2O4S. The van der Waals surface area contributed by atoms with Crippen LogP contribution in [0, 0.1) is 0 Å². The zero-order valence-corrected chi connectivity index (χ0v) is 18.4. The number of benzene rings is 2. The number of aliphatic imine (C=N–C) groups is 1. The topological polar surface area (TPSA) is 77.0 Å². The summed E-state index contributed by atoms with van der Waals surface area (Å²) in [6.07, 6.45) is 0. The van der Waals surface area contributed by atoms with E-state index in [9.17, 15) is 8.42 Å². The molecule has 0 spiro atoms. The van der Waals surface area contributed by atoms with E-state index in [1.165, 1.54) is 5.56 Å². The summed E-state index contributed by atoms with van der Waals surface area (Å²) in [5.41, 5.74) is 3.38. The summed E-state index contributed by atoms with van der Waals surface area (Å²) in [7, 11) is -3.66. The van der Waals surface area contributed by atoms with E-state index in [1.807, 2.05) is 49.4 Å². The first-order chi connectivity index (χ1) is 14.3. The summed E-state index contributed by atoms with van der Waals surface area (Å²) in [5.74, 6) is 2.17.